The molecule has 0 spiro atoms. The van der Waals surface area contributed by atoms with Crippen molar-refractivity contribution in [2.75, 3.05) is 5.73 Å². The molecular weight excluding hydrogens is 278 g/mol. The first-order valence-corrected chi connectivity index (χ1v) is 6.72. The zero-order valence-corrected chi connectivity index (χ0v) is 11.1. The molecule has 0 amide bonds. The van der Waals surface area contributed by atoms with Crippen LogP contribution in [0.15, 0.2) is 58.6 Å². The maximum absolute atomic E-state index is 13.7. The lowest BCUT2D eigenvalue weighted by Crippen LogP contribution is -1.90. The number of benzene rings is 2. The van der Waals surface area contributed by atoms with E-state index in [-0.39, 0.29) is 0 Å². The van der Waals surface area contributed by atoms with Crippen LogP contribution in [0.3, 0.4) is 0 Å². The van der Waals surface area contributed by atoms with Gasteiger partial charge in [0.15, 0.2) is 0 Å². The van der Waals surface area contributed by atoms with E-state index in [0.29, 0.717) is 10.6 Å². The van der Waals surface area contributed by atoms with Gasteiger partial charge in [-0.15, -0.1) is 0 Å². The van der Waals surface area contributed by atoms with E-state index in [4.69, 9.17) is 5.73 Å². The van der Waals surface area contributed by atoms with Crippen LogP contribution in [0.2, 0.25) is 0 Å². The van der Waals surface area contributed by atoms with Crippen LogP contribution in [0, 0.1) is 11.6 Å². The van der Waals surface area contributed by atoms with Crippen LogP contribution in [0.25, 0.3) is 10.8 Å². The SMILES string of the molecule is Nc1ccc(Sc2ccc(F)cc2F)c2ccncc12. The van der Waals surface area contributed by atoms with Gasteiger partial charge in [0.05, 0.1) is 0 Å². The lowest BCUT2D eigenvalue weighted by Gasteiger charge is -2.08. The summed E-state index contributed by atoms with van der Waals surface area (Å²) in [6.07, 6.45) is 3.34. The molecule has 2 N–H and O–H groups in total. The monoisotopic (exact) mass is 288 g/mol. The average Bonchev–Trinajstić information content (AvgIpc) is 2.45. The molecule has 0 aliphatic heterocycles. The molecule has 3 rings (SSSR count). The Bertz CT molecular complexity index is 790. The normalized spacial score (nSPS) is 10.9. The molecule has 0 unspecified atom stereocenters. The molecule has 2 aromatic carbocycles. The van der Waals surface area contributed by atoms with Crippen LogP contribution >= 0.6 is 11.8 Å². The molecule has 5 heteroatoms. The number of hydrogen-bond donors (Lipinski definition) is 1. The topological polar surface area (TPSA) is 38.9 Å². The molecule has 0 saturated heterocycles. The Kier molecular flexibility index (Phi) is 3.28. The van der Waals surface area contributed by atoms with Crippen molar-refractivity contribution in [1.29, 1.82) is 0 Å². The van der Waals surface area contributed by atoms with Gasteiger partial charge in [-0.3, -0.25) is 4.98 Å². The second-order valence-corrected chi connectivity index (χ2v) is 5.33. The van der Waals surface area contributed by atoms with Gasteiger partial charge in [-0.05, 0) is 30.3 Å². The fourth-order valence-electron chi connectivity index (χ4n) is 1.95. The second-order valence-electron chi connectivity index (χ2n) is 4.25. The lowest BCUT2D eigenvalue weighted by atomic mass is 10.1. The summed E-state index contributed by atoms with van der Waals surface area (Å²) in [6.45, 7) is 0. The number of nitrogens with two attached hydrogens (primary N) is 1. The number of halogens is 2. The zero-order valence-electron chi connectivity index (χ0n) is 10.3. The quantitative estimate of drug-likeness (QED) is 0.717. The molecule has 100 valence electrons. The molecule has 1 aromatic heterocycles. The van der Waals surface area contributed by atoms with Crippen molar-refractivity contribution in [3.8, 4) is 0 Å². The molecule has 20 heavy (non-hydrogen) atoms. The molecule has 0 fully saturated rings. The fraction of sp³-hybridized carbons (Fsp3) is 0. The Morgan fingerprint density at radius 2 is 1.75 bits per heavy atom. The van der Waals surface area contributed by atoms with E-state index in [1.165, 1.54) is 23.9 Å². The Morgan fingerprint density at radius 3 is 2.55 bits per heavy atom. The number of nitrogens with zero attached hydrogens (tertiary/aromatic N) is 1. The van der Waals surface area contributed by atoms with Gasteiger partial charge < -0.3 is 5.73 Å². The van der Waals surface area contributed by atoms with Gasteiger partial charge in [-0.2, -0.15) is 0 Å². The van der Waals surface area contributed by atoms with Crippen LogP contribution in [0.4, 0.5) is 14.5 Å². The number of anilines is 1. The highest BCUT2D eigenvalue weighted by atomic mass is 32.2. The largest absolute Gasteiger partial charge is 0.398 e. The number of aromatic nitrogens is 1. The molecule has 2 nitrogen and oxygen atoms in total. The minimum absolute atomic E-state index is 0.370. The molecule has 0 radical (unpaired) electrons. The Morgan fingerprint density at radius 1 is 0.950 bits per heavy atom. The van der Waals surface area contributed by atoms with E-state index in [9.17, 15) is 8.78 Å². The van der Waals surface area contributed by atoms with Crippen molar-refractivity contribution in [3.05, 3.63) is 60.4 Å². The summed E-state index contributed by atoms with van der Waals surface area (Å²) in [5, 5.41) is 1.72. The fourth-order valence-corrected chi connectivity index (χ4v) is 2.90. The zero-order chi connectivity index (χ0) is 14.1. The Hall–Kier alpha value is -2.14. The molecule has 1 heterocycles. The van der Waals surface area contributed by atoms with Gasteiger partial charge in [-0.1, -0.05) is 11.8 Å². The highest BCUT2D eigenvalue weighted by Crippen LogP contribution is 2.36. The van der Waals surface area contributed by atoms with Gasteiger partial charge in [0, 0.05) is 44.7 Å². The van der Waals surface area contributed by atoms with Gasteiger partial charge in [-0.25, -0.2) is 8.78 Å². The number of nitrogen functional groups attached to an aromatic ring is 1. The van der Waals surface area contributed by atoms with E-state index in [2.05, 4.69) is 4.98 Å². The molecule has 0 aliphatic carbocycles. The number of rotatable bonds is 2. The maximum atomic E-state index is 13.7. The smallest absolute Gasteiger partial charge is 0.140 e. The summed E-state index contributed by atoms with van der Waals surface area (Å²) < 4.78 is 26.6. The number of hydrogen-bond acceptors (Lipinski definition) is 3. The molecule has 0 atom stereocenters. The van der Waals surface area contributed by atoms with Crippen molar-refractivity contribution >= 4 is 28.2 Å². The second kappa shape index (κ2) is 5.09. The van der Waals surface area contributed by atoms with E-state index in [1.54, 1.807) is 18.5 Å². The van der Waals surface area contributed by atoms with Gasteiger partial charge >= 0.3 is 0 Å². The first-order chi connectivity index (χ1) is 9.65. The number of pyridine rings is 1. The van der Waals surface area contributed by atoms with Crippen molar-refractivity contribution < 1.29 is 8.78 Å². The summed E-state index contributed by atoms with van der Waals surface area (Å²) in [5.74, 6) is -1.16. The minimum atomic E-state index is -0.585. The standard InChI is InChI=1S/C15H10F2N2S/c16-9-1-3-15(12(17)7-9)20-14-4-2-13(18)11-8-19-6-5-10(11)14/h1-8H,18H2. The van der Waals surface area contributed by atoms with Crippen LogP contribution in [0.5, 0.6) is 0 Å². The van der Waals surface area contributed by atoms with E-state index < -0.39 is 11.6 Å². The summed E-state index contributed by atoms with van der Waals surface area (Å²) >= 11 is 1.24. The first-order valence-electron chi connectivity index (χ1n) is 5.90. The predicted octanol–water partition coefficient (Wildman–Crippen LogP) is 4.25. The molecular formula is C15H10F2N2S. The van der Waals surface area contributed by atoms with Crippen molar-refractivity contribution in [1.82, 2.24) is 4.98 Å². The van der Waals surface area contributed by atoms with Gasteiger partial charge in [0.2, 0.25) is 0 Å². The average molecular weight is 288 g/mol. The van der Waals surface area contributed by atoms with Crippen LogP contribution in [-0.4, -0.2) is 4.98 Å². The molecule has 3 aromatic rings. The summed E-state index contributed by atoms with van der Waals surface area (Å²) in [4.78, 5) is 5.26. The highest BCUT2D eigenvalue weighted by Gasteiger charge is 2.09. The highest BCUT2D eigenvalue weighted by molar-refractivity contribution is 7.99. The summed E-state index contributed by atoms with van der Waals surface area (Å²) in [6, 6.07) is 8.96. The van der Waals surface area contributed by atoms with Crippen LogP contribution in [0.1, 0.15) is 0 Å². The third-order valence-corrected chi connectivity index (χ3v) is 4.05. The Balaban J connectivity index is 2.09. The molecule has 0 aliphatic rings. The minimum Gasteiger partial charge on any atom is -0.398 e. The van der Waals surface area contributed by atoms with Crippen LogP contribution in [-0.2, 0) is 0 Å². The Labute approximate surface area is 118 Å². The third kappa shape index (κ3) is 2.32. The predicted molar refractivity (Wildman–Crippen MR) is 76.6 cm³/mol. The van der Waals surface area contributed by atoms with Crippen molar-refractivity contribution in [2.24, 2.45) is 0 Å². The van der Waals surface area contributed by atoms with Crippen LogP contribution < -0.4 is 5.73 Å². The third-order valence-electron chi connectivity index (χ3n) is 2.93. The van der Waals surface area contributed by atoms with Gasteiger partial charge in [0.25, 0.3) is 0 Å². The van der Waals surface area contributed by atoms with Crippen molar-refractivity contribution in [2.45, 2.75) is 9.79 Å². The first kappa shape index (κ1) is 12.9. The van der Waals surface area contributed by atoms with Crippen molar-refractivity contribution in [3.63, 3.8) is 0 Å². The van der Waals surface area contributed by atoms with E-state index in [0.717, 1.165) is 21.7 Å². The molecule has 0 bridgehead atoms. The summed E-state index contributed by atoms with van der Waals surface area (Å²) in [5.41, 5.74) is 6.52. The number of fused-ring (bicyclic) bond motifs is 1. The van der Waals surface area contributed by atoms with Gasteiger partial charge in [0.1, 0.15) is 11.6 Å². The van der Waals surface area contributed by atoms with E-state index in [1.807, 2.05) is 12.1 Å². The molecule has 0 saturated carbocycles. The van der Waals surface area contributed by atoms with E-state index >= 15 is 0 Å². The summed E-state index contributed by atoms with van der Waals surface area (Å²) in [7, 11) is 0. The lowest BCUT2D eigenvalue weighted by molar-refractivity contribution is 0.566. The maximum Gasteiger partial charge on any atom is 0.140 e.